The largest absolute Gasteiger partial charge is 0.488 e. The van der Waals surface area contributed by atoms with E-state index in [0.717, 1.165) is 27.9 Å². The zero-order valence-corrected chi connectivity index (χ0v) is 17.1. The lowest BCUT2D eigenvalue weighted by atomic mass is 10.2. The third-order valence-corrected chi connectivity index (χ3v) is 4.62. The molecule has 0 fully saturated rings. The molecule has 1 N–H and O–H groups in total. The number of nitrogens with zero attached hydrogens (tertiary/aromatic N) is 2. The summed E-state index contributed by atoms with van der Waals surface area (Å²) in [5.74, 6) is 0.866. The van der Waals surface area contributed by atoms with Crippen molar-refractivity contribution in [3.05, 3.63) is 87.0 Å². The van der Waals surface area contributed by atoms with Crippen molar-refractivity contribution < 1.29 is 17.9 Å². The van der Waals surface area contributed by atoms with Crippen LogP contribution in [0.4, 0.5) is 19.0 Å². The molecule has 0 saturated carbocycles. The van der Waals surface area contributed by atoms with Crippen LogP contribution < -0.4 is 10.2 Å². The summed E-state index contributed by atoms with van der Waals surface area (Å²) in [6.45, 7) is 0.393. The van der Waals surface area contributed by atoms with E-state index in [9.17, 15) is 13.2 Å². The number of halogens is 5. The highest BCUT2D eigenvalue weighted by atomic mass is 79.9. The van der Waals surface area contributed by atoms with Gasteiger partial charge in [-0.1, -0.05) is 23.7 Å². The van der Waals surface area contributed by atoms with E-state index < -0.39 is 11.7 Å². The van der Waals surface area contributed by atoms with Gasteiger partial charge in [-0.15, -0.1) is 0 Å². The lowest BCUT2D eigenvalue weighted by Gasteiger charge is -2.09. The van der Waals surface area contributed by atoms with Gasteiger partial charge in [0.15, 0.2) is 0 Å². The van der Waals surface area contributed by atoms with Crippen LogP contribution in [-0.4, -0.2) is 11.2 Å². The first kappa shape index (κ1) is 21.1. The van der Waals surface area contributed by atoms with E-state index >= 15 is 0 Å². The van der Waals surface area contributed by atoms with E-state index in [-0.39, 0.29) is 5.82 Å². The minimum atomic E-state index is -4.42. The van der Waals surface area contributed by atoms with Crippen molar-refractivity contribution in [1.82, 2.24) is 4.98 Å². The summed E-state index contributed by atoms with van der Waals surface area (Å²) in [5, 5.41) is 4.65. The summed E-state index contributed by atoms with van der Waals surface area (Å²) in [6.07, 6.45) is -2.15. The molecule has 150 valence electrons. The fourth-order valence-corrected chi connectivity index (χ4v) is 2.89. The lowest BCUT2D eigenvalue weighted by molar-refractivity contribution is -0.137. The van der Waals surface area contributed by atoms with Gasteiger partial charge in [-0.2, -0.15) is 18.3 Å². The molecule has 4 nitrogen and oxygen atoms in total. The van der Waals surface area contributed by atoms with Crippen molar-refractivity contribution >= 4 is 39.6 Å². The van der Waals surface area contributed by atoms with Crippen LogP contribution in [0.15, 0.2) is 70.4 Å². The number of hydrogen-bond acceptors (Lipinski definition) is 4. The van der Waals surface area contributed by atoms with Gasteiger partial charge in [-0.25, -0.2) is 4.98 Å². The van der Waals surface area contributed by atoms with Crippen LogP contribution in [0.1, 0.15) is 16.7 Å². The van der Waals surface area contributed by atoms with Gasteiger partial charge in [0.05, 0.1) is 16.3 Å². The topological polar surface area (TPSA) is 46.5 Å². The van der Waals surface area contributed by atoms with Crippen LogP contribution in [0.5, 0.6) is 5.75 Å². The number of benzene rings is 2. The first-order chi connectivity index (χ1) is 13.8. The number of aromatic nitrogens is 1. The minimum Gasteiger partial charge on any atom is -0.488 e. The predicted molar refractivity (Wildman–Crippen MR) is 110 cm³/mol. The quantitative estimate of drug-likeness (QED) is 0.319. The van der Waals surface area contributed by atoms with Crippen molar-refractivity contribution in [2.45, 2.75) is 12.8 Å². The maximum absolute atomic E-state index is 12.5. The molecule has 0 spiro atoms. The van der Waals surface area contributed by atoms with Gasteiger partial charge in [-0.05, 0) is 69.5 Å². The number of nitrogens with one attached hydrogen (secondary N) is 1. The molecule has 2 aromatic carbocycles. The Morgan fingerprint density at radius 1 is 1.10 bits per heavy atom. The standard InChI is InChI=1S/C20H14BrClF3N3O/c21-17-9-14(3-7-18(17)29-12-13-1-5-16(22)6-2-13)10-27-28-19-8-4-15(11-26-19)20(23,24)25/h1-11H,12H2,(H,26,28)/b27-10-. The van der Waals surface area contributed by atoms with Gasteiger partial charge >= 0.3 is 6.18 Å². The minimum absolute atomic E-state index is 0.205. The van der Waals surface area contributed by atoms with Gasteiger partial charge in [0.2, 0.25) is 0 Å². The Balaban J connectivity index is 1.57. The highest BCUT2D eigenvalue weighted by molar-refractivity contribution is 9.10. The van der Waals surface area contributed by atoms with Crippen LogP contribution in [0, 0.1) is 0 Å². The molecule has 0 aliphatic carbocycles. The lowest BCUT2D eigenvalue weighted by Crippen LogP contribution is -2.05. The molecule has 0 radical (unpaired) electrons. The molecule has 3 rings (SSSR count). The van der Waals surface area contributed by atoms with E-state index in [1.807, 2.05) is 18.2 Å². The first-order valence-electron chi connectivity index (χ1n) is 8.30. The van der Waals surface area contributed by atoms with Crippen LogP contribution in [0.25, 0.3) is 0 Å². The van der Waals surface area contributed by atoms with Gasteiger partial charge in [0.1, 0.15) is 18.2 Å². The Labute approximate surface area is 178 Å². The second-order valence-electron chi connectivity index (χ2n) is 5.90. The first-order valence-corrected chi connectivity index (χ1v) is 9.47. The summed E-state index contributed by atoms with van der Waals surface area (Å²) in [7, 11) is 0. The van der Waals surface area contributed by atoms with Crippen molar-refractivity contribution in [3.8, 4) is 5.75 Å². The average molecular weight is 485 g/mol. The molecule has 0 amide bonds. The number of alkyl halides is 3. The molecular formula is C20H14BrClF3N3O. The third-order valence-electron chi connectivity index (χ3n) is 3.75. The van der Waals surface area contributed by atoms with Gasteiger partial charge in [0, 0.05) is 11.2 Å². The maximum atomic E-state index is 12.5. The Bertz CT molecular complexity index is 993. The zero-order valence-electron chi connectivity index (χ0n) is 14.8. The number of anilines is 1. The molecule has 0 saturated heterocycles. The van der Waals surface area contributed by atoms with Gasteiger partial charge in [0.25, 0.3) is 0 Å². The summed E-state index contributed by atoms with van der Waals surface area (Å²) in [6, 6.07) is 14.9. The molecule has 29 heavy (non-hydrogen) atoms. The molecular weight excluding hydrogens is 471 g/mol. The van der Waals surface area contributed by atoms with Crippen molar-refractivity contribution in [2.24, 2.45) is 5.10 Å². The summed E-state index contributed by atoms with van der Waals surface area (Å²) < 4.78 is 44.1. The highest BCUT2D eigenvalue weighted by Crippen LogP contribution is 2.29. The summed E-state index contributed by atoms with van der Waals surface area (Å²) in [5.41, 5.74) is 3.52. The number of rotatable bonds is 6. The fraction of sp³-hybridized carbons (Fsp3) is 0.100. The monoisotopic (exact) mass is 483 g/mol. The average Bonchev–Trinajstić information content (AvgIpc) is 2.68. The van der Waals surface area contributed by atoms with Crippen molar-refractivity contribution in [3.63, 3.8) is 0 Å². The van der Waals surface area contributed by atoms with Crippen molar-refractivity contribution in [1.29, 1.82) is 0 Å². The van der Waals surface area contributed by atoms with E-state index in [0.29, 0.717) is 17.4 Å². The van der Waals surface area contributed by atoms with Crippen LogP contribution in [0.2, 0.25) is 5.02 Å². The molecule has 1 aromatic heterocycles. The summed E-state index contributed by atoms with van der Waals surface area (Å²) in [4.78, 5) is 3.68. The van der Waals surface area contributed by atoms with E-state index in [1.165, 1.54) is 12.3 Å². The fourth-order valence-electron chi connectivity index (χ4n) is 2.26. The molecule has 9 heteroatoms. The number of ether oxygens (including phenoxy) is 1. The second-order valence-corrected chi connectivity index (χ2v) is 7.20. The van der Waals surface area contributed by atoms with Crippen LogP contribution in [-0.2, 0) is 12.8 Å². The Kier molecular flexibility index (Phi) is 6.76. The summed E-state index contributed by atoms with van der Waals surface area (Å²) >= 11 is 9.31. The molecule has 0 unspecified atom stereocenters. The normalized spacial score (nSPS) is 11.6. The smallest absolute Gasteiger partial charge is 0.417 e. The number of hydrogen-bond donors (Lipinski definition) is 1. The Morgan fingerprint density at radius 2 is 1.86 bits per heavy atom. The number of pyridine rings is 1. The molecule has 0 aliphatic rings. The molecule has 0 bridgehead atoms. The van der Waals surface area contributed by atoms with E-state index in [1.54, 1.807) is 24.3 Å². The van der Waals surface area contributed by atoms with Crippen LogP contribution >= 0.6 is 27.5 Å². The van der Waals surface area contributed by atoms with Gasteiger partial charge in [-0.3, -0.25) is 5.43 Å². The molecule has 0 aliphatic heterocycles. The third kappa shape index (κ3) is 6.20. The van der Waals surface area contributed by atoms with Crippen molar-refractivity contribution in [2.75, 3.05) is 5.43 Å². The van der Waals surface area contributed by atoms with E-state index in [4.69, 9.17) is 16.3 Å². The molecule has 0 atom stereocenters. The Hall–Kier alpha value is -2.58. The van der Waals surface area contributed by atoms with E-state index in [2.05, 4.69) is 31.4 Å². The number of hydrazone groups is 1. The molecule has 1 heterocycles. The predicted octanol–water partition coefficient (Wildman–Crippen LogP) is 6.54. The Morgan fingerprint density at radius 3 is 2.48 bits per heavy atom. The van der Waals surface area contributed by atoms with Crippen LogP contribution in [0.3, 0.4) is 0 Å². The SMILES string of the molecule is FC(F)(F)c1ccc(N/N=C\c2ccc(OCc3ccc(Cl)cc3)c(Br)c2)nc1. The second kappa shape index (κ2) is 9.28. The van der Waals surface area contributed by atoms with Gasteiger partial charge < -0.3 is 4.74 Å². The zero-order chi connectivity index (χ0) is 20.9. The highest BCUT2D eigenvalue weighted by Gasteiger charge is 2.30. The maximum Gasteiger partial charge on any atom is 0.417 e. The molecule has 3 aromatic rings.